The number of nitrogens with one attached hydrogen (secondary N) is 1. The van der Waals surface area contributed by atoms with Gasteiger partial charge in [0.15, 0.2) is 11.5 Å². The first-order valence-corrected chi connectivity index (χ1v) is 11.1. The van der Waals surface area contributed by atoms with Crippen LogP contribution in [0.3, 0.4) is 0 Å². The smallest absolute Gasteiger partial charge is 0.254 e. The summed E-state index contributed by atoms with van der Waals surface area (Å²) in [4.78, 5) is 29.0. The third kappa shape index (κ3) is 3.60. The molecular weight excluding hydrogens is 440 g/mol. The van der Waals surface area contributed by atoms with Gasteiger partial charge in [-0.3, -0.25) is 9.59 Å². The van der Waals surface area contributed by atoms with Gasteiger partial charge < -0.3 is 19.7 Å². The SMILES string of the molecule is COc1cc2c(cc1OC)C1C(C(=O)Nc3cccc(Cl)c3)c3ccccc3C(=O)N1CC2. The zero-order valence-corrected chi connectivity index (χ0v) is 19.1. The van der Waals surface area contributed by atoms with Crippen LogP contribution in [0.4, 0.5) is 5.69 Å². The van der Waals surface area contributed by atoms with Crippen LogP contribution in [0.15, 0.2) is 60.7 Å². The Kier molecular flexibility index (Phi) is 5.46. The van der Waals surface area contributed by atoms with E-state index in [1.165, 1.54) is 0 Å². The normalized spacial score (nSPS) is 18.6. The number of hydrogen-bond acceptors (Lipinski definition) is 4. The van der Waals surface area contributed by atoms with E-state index in [1.807, 2.05) is 30.3 Å². The summed E-state index contributed by atoms with van der Waals surface area (Å²) < 4.78 is 11.0. The highest BCUT2D eigenvalue weighted by atomic mass is 35.5. The number of methoxy groups -OCH3 is 2. The van der Waals surface area contributed by atoms with Crippen LogP contribution in [0.1, 0.15) is 39.0 Å². The molecule has 0 spiro atoms. The van der Waals surface area contributed by atoms with Crippen LogP contribution in [-0.2, 0) is 11.2 Å². The molecule has 0 radical (unpaired) electrons. The van der Waals surface area contributed by atoms with Crippen LogP contribution in [0.5, 0.6) is 11.5 Å². The Labute approximate surface area is 197 Å². The summed E-state index contributed by atoms with van der Waals surface area (Å²) >= 11 is 6.12. The number of hydrogen-bond donors (Lipinski definition) is 1. The number of rotatable bonds is 4. The van der Waals surface area contributed by atoms with Crippen molar-refractivity contribution in [3.05, 3.63) is 87.9 Å². The Morgan fingerprint density at radius 1 is 1.00 bits per heavy atom. The molecule has 0 saturated heterocycles. The van der Waals surface area contributed by atoms with Crippen molar-refractivity contribution in [2.75, 3.05) is 26.1 Å². The number of amides is 2. The number of ether oxygens (including phenoxy) is 2. The molecule has 33 heavy (non-hydrogen) atoms. The Bertz CT molecular complexity index is 1260. The highest BCUT2D eigenvalue weighted by molar-refractivity contribution is 6.30. The van der Waals surface area contributed by atoms with E-state index in [2.05, 4.69) is 5.32 Å². The maximum atomic E-state index is 13.7. The van der Waals surface area contributed by atoms with Gasteiger partial charge in [0.1, 0.15) is 0 Å². The van der Waals surface area contributed by atoms with Crippen LogP contribution in [0, 0.1) is 0 Å². The van der Waals surface area contributed by atoms with E-state index < -0.39 is 12.0 Å². The average Bonchev–Trinajstić information content (AvgIpc) is 2.83. The maximum Gasteiger partial charge on any atom is 0.254 e. The summed E-state index contributed by atoms with van der Waals surface area (Å²) in [7, 11) is 3.18. The highest BCUT2D eigenvalue weighted by Gasteiger charge is 2.46. The van der Waals surface area contributed by atoms with Gasteiger partial charge in [-0.15, -0.1) is 0 Å². The Morgan fingerprint density at radius 2 is 1.76 bits per heavy atom. The van der Waals surface area contributed by atoms with Gasteiger partial charge >= 0.3 is 0 Å². The number of nitrogens with zero attached hydrogens (tertiary/aromatic N) is 1. The lowest BCUT2D eigenvalue weighted by molar-refractivity contribution is -0.119. The van der Waals surface area contributed by atoms with Crippen LogP contribution in [0.2, 0.25) is 5.02 Å². The van der Waals surface area contributed by atoms with Crippen LogP contribution in [0.25, 0.3) is 0 Å². The quantitative estimate of drug-likeness (QED) is 0.602. The topological polar surface area (TPSA) is 67.9 Å². The van der Waals surface area contributed by atoms with Crippen LogP contribution >= 0.6 is 11.6 Å². The standard InChI is InChI=1S/C26H23ClN2O4/c1-32-21-12-15-10-11-29-24(20(15)14-22(21)33-2)23(18-8-3-4-9-19(18)26(29)31)25(30)28-17-7-5-6-16(27)13-17/h3-9,12-14,23-24H,10-11H2,1-2H3,(H,28,30). The molecule has 1 N–H and O–H groups in total. The number of fused-ring (bicyclic) bond motifs is 4. The van der Waals surface area contributed by atoms with Gasteiger partial charge in [0.25, 0.3) is 5.91 Å². The van der Waals surface area contributed by atoms with Crippen molar-refractivity contribution in [2.24, 2.45) is 0 Å². The molecular formula is C26H23ClN2O4. The van der Waals surface area contributed by atoms with Crippen LogP contribution < -0.4 is 14.8 Å². The van der Waals surface area contributed by atoms with Crippen molar-refractivity contribution in [2.45, 2.75) is 18.4 Å². The molecule has 2 amide bonds. The minimum atomic E-state index is -0.602. The molecule has 0 saturated carbocycles. The molecule has 3 aromatic rings. The first-order valence-electron chi connectivity index (χ1n) is 10.7. The molecule has 2 heterocycles. The second-order valence-corrected chi connectivity index (χ2v) is 8.60. The average molecular weight is 463 g/mol. The zero-order valence-electron chi connectivity index (χ0n) is 18.3. The second-order valence-electron chi connectivity index (χ2n) is 8.16. The molecule has 7 heteroatoms. The summed E-state index contributed by atoms with van der Waals surface area (Å²) in [5.41, 5.74) is 3.82. The van der Waals surface area contributed by atoms with E-state index in [-0.39, 0.29) is 11.8 Å². The highest BCUT2D eigenvalue weighted by Crippen LogP contribution is 2.48. The number of benzene rings is 3. The maximum absolute atomic E-state index is 13.7. The third-order valence-corrected chi connectivity index (χ3v) is 6.63. The zero-order chi connectivity index (χ0) is 23.1. The fourth-order valence-corrected chi connectivity index (χ4v) is 5.11. The predicted octanol–water partition coefficient (Wildman–Crippen LogP) is 4.83. The third-order valence-electron chi connectivity index (χ3n) is 6.40. The number of halogens is 1. The summed E-state index contributed by atoms with van der Waals surface area (Å²) in [5, 5.41) is 3.54. The van der Waals surface area contributed by atoms with Gasteiger partial charge in [0, 0.05) is 22.8 Å². The Hall–Kier alpha value is -3.51. The van der Waals surface area contributed by atoms with E-state index in [0.717, 1.165) is 11.1 Å². The predicted molar refractivity (Wildman–Crippen MR) is 126 cm³/mol. The minimum Gasteiger partial charge on any atom is -0.493 e. The molecule has 0 bridgehead atoms. The first kappa shape index (κ1) is 21.3. The summed E-state index contributed by atoms with van der Waals surface area (Å²) in [6.45, 7) is 0.515. The van der Waals surface area contributed by atoms with Gasteiger partial charge in [0.2, 0.25) is 5.91 Å². The molecule has 3 aromatic carbocycles. The summed E-state index contributed by atoms with van der Waals surface area (Å²) in [5.74, 6) is 0.332. The summed E-state index contributed by atoms with van der Waals surface area (Å²) in [6, 6.07) is 17.8. The first-order chi connectivity index (χ1) is 16.0. The van der Waals surface area contributed by atoms with E-state index in [0.29, 0.717) is 46.3 Å². The molecule has 2 atom stereocenters. The largest absolute Gasteiger partial charge is 0.493 e. The van der Waals surface area contributed by atoms with E-state index in [4.69, 9.17) is 21.1 Å². The molecule has 2 aliphatic rings. The molecule has 168 valence electrons. The van der Waals surface area contributed by atoms with Crippen molar-refractivity contribution < 1.29 is 19.1 Å². The lowest BCUT2D eigenvalue weighted by Crippen LogP contribution is -2.49. The fourth-order valence-electron chi connectivity index (χ4n) is 4.92. The molecule has 0 fully saturated rings. The number of anilines is 1. The van der Waals surface area contributed by atoms with E-state index in [9.17, 15) is 9.59 Å². The molecule has 2 unspecified atom stereocenters. The lowest BCUT2D eigenvalue weighted by Gasteiger charge is -2.45. The molecule has 2 aliphatic heterocycles. The van der Waals surface area contributed by atoms with E-state index in [1.54, 1.807) is 49.5 Å². The fraction of sp³-hybridized carbons (Fsp3) is 0.231. The molecule has 5 rings (SSSR count). The van der Waals surface area contributed by atoms with Gasteiger partial charge in [-0.25, -0.2) is 0 Å². The molecule has 6 nitrogen and oxygen atoms in total. The van der Waals surface area contributed by atoms with Crippen molar-refractivity contribution in [3.63, 3.8) is 0 Å². The molecule has 0 aromatic heterocycles. The second kappa shape index (κ2) is 8.45. The Balaban J connectivity index is 1.65. The Morgan fingerprint density at radius 3 is 2.52 bits per heavy atom. The minimum absolute atomic E-state index is 0.0668. The van der Waals surface area contributed by atoms with Crippen LogP contribution in [-0.4, -0.2) is 37.5 Å². The van der Waals surface area contributed by atoms with Crippen molar-refractivity contribution in [1.29, 1.82) is 0 Å². The van der Waals surface area contributed by atoms with Crippen molar-refractivity contribution in [3.8, 4) is 11.5 Å². The number of carbonyl (C=O) groups is 2. The van der Waals surface area contributed by atoms with Crippen molar-refractivity contribution >= 4 is 29.1 Å². The number of carbonyl (C=O) groups excluding carboxylic acids is 2. The van der Waals surface area contributed by atoms with Gasteiger partial charge in [-0.2, -0.15) is 0 Å². The van der Waals surface area contributed by atoms with E-state index >= 15 is 0 Å². The van der Waals surface area contributed by atoms with Gasteiger partial charge in [-0.05, 0) is 59.5 Å². The van der Waals surface area contributed by atoms with Crippen molar-refractivity contribution in [1.82, 2.24) is 4.90 Å². The monoisotopic (exact) mass is 462 g/mol. The van der Waals surface area contributed by atoms with Gasteiger partial charge in [-0.1, -0.05) is 35.9 Å². The lowest BCUT2D eigenvalue weighted by atomic mass is 9.75. The summed E-state index contributed by atoms with van der Waals surface area (Å²) in [6.07, 6.45) is 0.669. The van der Waals surface area contributed by atoms with Gasteiger partial charge in [0.05, 0.1) is 26.2 Å². The molecule has 0 aliphatic carbocycles.